The smallest absolute Gasteiger partial charge is 0.431 e. The molecule has 0 bridgehead atoms. The van der Waals surface area contributed by atoms with E-state index in [9.17, 15) is 23.9 Å². The number of hydrogen-bond acceptors (Lipinski definition) is 7. The maximum atomic E-state index is 17.4. The summed E-state index contributed by atoms with van der Waals surface area (Å²) in [5.74, 6) is -4.30. The van der Waals surface area contributed by atoms with Gasteiger partial charge in [-0.15, -0.1) is 0 Å². The third-order valence-electron chi connectivity index (χ3n) is 10.4. The molecule has 2 unspecified atom stereocenters. The van der Waals surface area contributed by atoms with Crippen molar-refractivity contribution in [2.24, 2.45) is 34.0 Å². The number of allylic oxidation sites excluding steroid dienone is 4. The Morgan fingerprint density at radius 2 is 1.85 bits per heavy atom. The number of ether oxygens (including phenoxy) is 3. The average Bonchev–Trinajstić information content (AvgIpc) is 3.04. The van der Waals surface area contributed by atoms with Crippen LogP contribution in [0.15, 0.2) is 23.8 Å². The fourth-order valence-corrected chi connectivity index (χ4v) is 7.85. The Morgan fingerprint density at radius 3 is 2.44 bits per heavy atom. The number of ketones is 1. The summed E-state index contributed by atoms with van der Waals surface area (Å²) in [6.45, 7) is 10.4. The molecule has 0 spiro atoms. The molecule has 0 heterocycles. The van der Waals surface area contributed by atoms with Crippen molar-refractivity contribution in [2.75, 3.05) is 6.86 Å². The Balaban J connectivity index is 1.81. The van der Waals surface area contributed by atoms with Gasteiger partial charge in [-0.2, -0.15) is 0 Å². The van der Waals surface area contributed by atoms with Gasteiger partial charge in [-0.1, -0.05) is 40.7 Å². The normalized spacial score (nSPS) is 43.9. The first-order chi connectivity index (χ1) is 17.9. The maximum Gasteiger partial charge on any atom is 0.509 e. The summed E-state index contributed by atoms with van der Waals surface area (Å²) in [4.78, 5) is 38.6. The first kappa shape index (κ1) is 29.6. The van der Waals surface area contributed by atoms with Crippen molar-refractivity contribution in [2.45, 2.75) is 97.4 Å². The second-order valence-corrected chi connectivity index (χ2v) is 13.3. The lowest BCUT2D eigenvalue weighted by atomic mass is 9.44. The lowest BCUT2D eigenvalue weighted by molar-refractivity contribution is -0.236. The number of aliphatic hydroxyl groups excluding tert-OH is 1. The predicted molar refractivity (Wildman–Crippen MR) is 134 cm³/mol. The molecule has 4 aliphatic rings. The number of esters is 1. The summed E-state index contributed by atoms with van der Waals surface area (Å²) in [7, 11) is 0. The topological polar surface area (TPSA) is 99.1 Å². The van der Waals surface area contributed by atoms with E-state index in [1.54, 1.807) is 20.8 Å². The first-order valence-electron chi connectivity index (χ1n) is 13.5. The third kappa shape index (κ3) is 3.98. The zero-order chi connectivity index (χ0) is 29.3. The molecule has 0 amide bonds. The number of alkyl halides is 3. The largest absolute Gasteiger partial charge is 0.509 e. The molecule has 0 aromatic heterocycles. The average molecular weight is 557 g/mol. The summed E-state index contributed by atoms with van der Waals surface area (Å²) in [6, 6.07) is 0. The van der Waals surface area contributed by atoms with Gasteiger partial charge in [0, 0.05) is 22.7 Å². The van der Waals surface area contributed by atoms with Gasteiger partial charge >= 0.3 is 12.1 Å². The molecule has 0 aliphatic heterocycles. The highest BCUT2D eigenvalue weighted by atomic mass is 19.1. The number of aliphatic hydroxyl groups is 1. The Kier molecular flexibility index (Phi) is 7.10. The van der Waals surface area contributed by atoms with Crippen LogP contribution in [-0.4, -0.2) is 59.5 Å². The molecule has 7 nitrogen and oxygen atoms in total. The molecule has 39 heavy (non-hydrogen) atoms. The molecule has 0 radical (unpaired) electrons. The fourth-order valence-electron chi connectivity index (χ4n) is 7.85. The minimum absolute atomic E-state index is 0.0263. The molecule has 4 rings (SSSR count). The van der Waals surface area contributed by atoms with Crippen LogP contribution in [0, 0.1) is 34.0 Å². The second kappa shape index (κ2) is 9.35. The lowest BCUT2D eigenvalue weighted by Crippen LogP contribution is -2.71. The van der Waals surface area contributed by atoms with Crippen LogP contribution in [0.4, 0.5) is 18.0 Å². The van der Waals surface area contributed by atoms with Crippen LogP contribution in [0.3, 0.4) is 0 Å². The van der Waals surface area contributed by atoms with Gasteiger partial charge in [-0.05, 0) is 62.2 Å². The van der Waals surface area contributed by atoms with Crippen molar-refractivity contribution in [1.82, 2.24) is 0 Å². The predicted octanol–water partition coefficient (Wildman–Crippen LogP) is 5.35. The van der Waals surface area contributed by atoms with E-state index in [-0.39, 0.29) is 24.8 Å². The van der Waals surface area contributed by atoms with Crippen molar-refractivity contribution >= 4 is 17.9 Å². The van der Waals surface area contributed by atoms with E-state index < -0.39 is 88.4 Å². The fraction of sp³-hybridized carbons (Fsp3) is 0.759. The molecular weight excluding hydrogens is 517 g/mol. The van der Waals surface area contributed by atoms with Gasteiger partial charge in [0.25, 0.3) is 0 Å². The molecule has 10 heteroatoms. The summed E-state index contributed by atoms with van der Waals surface area (Å²) in [5, 5.41) is 11.5. The van der Waals surface area contributed by atoms with E-state index in [0.717, 1.165) is 6.08 Å². The molecule has 218 valence electrons. The van der Waals surface area contributed by atoms with Crippen LogP contribution in [0.1, 0.15) is 67.7 Å². The van der Waals surface area contributed by atoms with Gasteiger partial charge < -0.3 is 19.3 Å². The Bertz CT molecular complexity index is 1110. The summed E-state index contributed by atoms with van der Waals surface area (Å²) >= 11 is 0. The van der Waals surface area contributed by atoms with Crippen molar-refractivity contribution in [1.29, 1.82) is 0 Å². The van der Waals surface area contributed by atoms with Crippen LogP contribution in [0.2, 0.25) is 0 Å². The van der Waals surface area contributed by atoms with Gasteiger partial charge in [-0.25, -0.2) is 22.8 Å². The Morgan fingerprint density at radius 1 is 1.21 bits per heavy atom. The minimum atomic E-state index is -2.39. The molecule has 4 aliphatic carbocycles. The van der Waals surface area contributed by atoms with Gasteiger partial charge in [0.05, 0.1) is 6.10 Å². The highest BCUT2D eigenvalue weighted by Gasteiger charge is 2.79. The highest BCUT2D eigenvalue weighted by Crippen LogP contribution is 2.71. The second-order valence-electron chi connectivity index (χ2n) is 13.3. The number of halogens is 3. The third-order valence-corrected chi connectivity index (χ3v) is 10.4. The van der Waals surface area contributed by atoms with Crippen molar-refractivity contribution in [3.63, 3.8) is 0 Å². The van der Waals surface area contributed by atoms with Crippen LogP contribution in [0.5, 0.6) is 0 Å². The standard InChI is InChI=1S/C29H39F3O7/c1-15-10-18-19-12-21(31)20-11-17(33)8-9-26(20,6)28(19,32)22(34)13-27(18,7)29(15,23(35)37-14-30)39-24(36)38-16(2)25(3,4)5/h8-9,11,15-16,18-19,21-22,34H,10,12-14H2,1-7H3/t15-,16?,18+,19+,21+,22+,26+,27+,28+,29?/m1/s1. The van der Waals surface area contributed by atoms with E-state index >= 15 is 8.78 Å². The van der Waals surface area contributed by atoms with E-state index in [1.165, 1.54) is 19.1 Å². The molecule has 0 aromatic rings. The van der Waals surface area contributed by atoms with Crippen molar-refractivity contribution in [3.05, 3.63) is 23.8 Å². The molecule has 0 saturated heterocycles. The maximum absolute atomic E-state index is 17.4. The zero-order valence-corrected chi connectivity index (χ0v) is 23.6. The summed E-state index contributed by atoms with van der Waals surface area (Å²) in [6.07, 6.45) is -2.20. The molecule has 3 saturated carbocycles. The molecule has 10 atom stereocenters. The van der Waals surface area contributed by atoms with Crippen LogP contribution in [0.25, 0.3) is 0 Å². The molecular formula is C29H39F3O7. The summed E-state index contributed by atoms with van der Waals surface area (Å²) in [5.41, 5.74) is -8.05. The van der Waals surface area contributed by atoms with Gasteiger partial charge in [0.15, 0.2) is 11.5 Å². The number of carbonyl (C=O) groups excluding carboxylic acids is 3. The highest BCUT2D eigenvalue weighted by molar-refractivity contribution is 6.01. The number of hydrogen-bond donors (Lipinski definition) is 1. The van der Waals surface area contributed by atoms with E-state index in [4.69, 9.17) is 14.2 Å². The van der Waals surface area contributed by atoms with Crippen LogP contribution in [-0.2, 0) is 23.8 Å². The van der Waals surface area contributed by atoms with Crippen molar-refractivity contribution in [3.8, 4) is 0 Å². The van der Waals surface area contributed by atoms with Crippen LogP contribution >= 0.6 is 0 Å². The Labute approximate surface area is 227 Å². The lowest BCUT2D eigenvalue weighted by Gasteiger charge is -2.62. The van der Waals surface area contributed by atoms with Gasteiger partial charge in [0.1, 0.15) is 12.3 Å². The van der Waals surface area contributed by atoms with Gasteiger partial charge in [0.2, 0.25) is 12.5 Å². The molecule has 1 N–H and O–H groups in total. The van der Waals surface area contributed by atoms with E-state index in [2.05, 4.69) is 0 Å². The van der Waals surface area contributed by atoms with Crippen LogP contribution < -0.4 is 0 Å². The van der Waals surface area contributed by atoms with Gasteiger partial charge in [-0.3, -0.25) is 4.79 Å². The SMILES string of the molecule is CC(OC(=O)OC1(C(=O)OCF)[C@H](C)C[C@H]2[C@@H]3C[C@H](F)C4=CC(=O)C=C[C@]4(C)[C@@]3(F)[C@@H](O)C[C@@]21C)C(C)(C)C. The number of rotatable bonds is 4. The van der Waals surface area contributed by atoms with Crippen molar-refractivity contribution < 1.29 is 46.9 Å². The molecule has 0 aromatic carbocycles. The first-order valence-corrected chi connectivity index (χ1v) is 13.5. The minimum Gasteiger partial charge on any atom is -0.431 e. The van der Waals surface area contributed by atoms with E-state index in [1.807, 2.05) is 20.8 Å². The Hall–Kier alpha value is -2.36. The number of fused-ring (bicyclic) bond motifs is 5. The molecule has 3 fully saturated rings. The van der Waals surface area contributed by atoms with E-state index in [0.29, 0.717) is 0 Å². The summed E-state index contributed by atoms with van der Waals surface area (Å²) < 4.78 is 62.5. The number of carbonyl (C=O) groups is 3. The monoisotopic (exact) mass is 556 g/mol. The zero-order valence-electron chi connectivity index (χ0n) is 23.6. The quantitative estimate of drug-likeness (QED) is 0.466.